The Morgan fingerprint density at radius 1 is 1.26 bits per heavy atom. The molecule has 4 atom stereocenters. The largest absolute Gasteiger partial charge is 1.00 e. The van der Waals surface area contributed by atoms with E-state index in [1.807, 2.05) is 52.9 Å². The van der Waals surface area contributed by atoms with Crippen molar-refractivity contribution in [3.63, 3.8) is 0 Å². The van der Waals surface area contributed by atoms with E-state index in [0.717, 1.165) is 14.7 Å². The number of thioether (sulfide) groups is 1. The second-order valence-corrected chi connectivity index (χ2v) is 10.5. The number of aliphatic carboxylic acids is 1. The third-order valence-corrected chi connectivity index (χ3v) is 8.73. The van der Waals surface area contributed by atoms with Crippen molar-refractivity contribution < 1.29 is 46.1 Å². The first-order valence-electron chi connectivity index (χ1n) is 10.9. The highest BCUT2D eigenvalue weighted by Gasteiger charge is 2.60. The smallest absolute Gasteiger partial charge is 0.352 e. The molecule has 0 spiro atoms. The topological polar surface area (TPSA) is 103 Å². The van der Waals surface area contributed by atoms with E-state index in [2.05, 4.69) is 0 Å². The number of rotatable bonds is 7. The number of carbonyl (C=O) groups is 3. The van der Waals surface area contributed by atoms with Gasteiger partial charge in [-0.1, -0.05) is 60.4 Å². The van der Waals surface area contributed by atoms with Gasteiger partial charge in [0.1, 0.15) is 11.9 Å². The number of imidazole rings is 1. The Hall–Kier alpha value is -2.47. The van der Waals surface area contributed by atoms with Crippen LogP contribution in [0.25, 0.3) is 10.4 Å². The summed E-state index contributed by atoms with van der Waals surface area (Å²) in [7, 11) is 0. The summed E-state index contributed by atoms with van der Waals surface area (Å²) in [5.74, 6) is -2.30. The van der Waals surface area contributed by atoms with Crippen molar-refractivity contribution in [2.24, 2.45) is 11.8 Å². The van der Waals surface area contributed by atoms with Crippen molar-refractivity contribution in [2.45, 2.75) is 37.6 Å². The van der Waals surface area contributed by atoms with E-state index >= 15 is 0 Å². The first-order valence-corrected chi connectivity index (χ1v) is 12.9. The molecule has 2 aliphatic heterocycles. The van der Waals surface area contributed by atoms with E-state index in [9.17, 15) is 24.6 Å². The summed E-state index contributed by atoms with van der Waals surface area (Å²) < 4.78 is 3.81. The van der Waals surface area contributed by atoms with Gasteiger partial charge in [-0.3, -0.25) is 9.59 Å². The minimum atomic E-state index is -1.14. The maximum Gasteiger partial charge on any atom is 0.352 e. The number of ketones is 1. The highest BCUT2D eigenvalue weighted by Crippen LogP contribution is 2.51. The van der Waals surface area contributed by atoms with Crippen LogP contribution in [0.4, 0.5) is 0 Å². The average molecular weight is 579 g/mol. The van der Waals surface area contributed by atoms with Crippen molar-refractivity contribution in [1.82, 2.24) is 9.30 Å². The molecule has 0 bridgehead atoms. The van der Waals surface area contributed by atoms with Gasteiger partial charge < -0.3 is 32.1 Å². The van der Waals surface area contributed by atoms with Crippen LogP contribution in [0.15, 0.2) is 53.6 Å². The quantitative estimate of drug-likeness (QED) is 0.171. The van der Waals surface area contributed by atoms with Crippen LogP contribution < -0.4 is 21.5 Å². The number of aliphatic hydroxyl groups excluding tert-OH is 1. The Kier molecular flexibility index (Phi) is 6.98. The number of aromatic nitrogens is 2. The van der Waals surface area contributed by atoms with Crippen molar-refractivity contribution in [3.8, 4) is 0 Å². The van der Waals surface area contributed by atoms with Gasteiger partial charge in [-0.2, -0.15) is 4.40 Å². The molecule has 0 aliphatic carbocycles. The van der Waals surface area contributed by atoms with Crippen molar-refractivity contribution in [3.05, 3.63) is 59.0 Å². The minimum Gasteiger partial charge on any atom is -1.00 e. The lowest BCUT2D eigenvalue weighted by Gasteiger charge is -2.46. The molecule has 0 saturated carbocycles. The predicted octanol–water partition coefficient (Wildman–Crippen LogP) is -0.450. The number of carboxylic acids is 1. The van der Waals surface area contributed by atoms with Gasteiger partial charge in [0.15, 0.2) is 6.54 Å². The number of nitrogens with zero attached hydrogens (tertiary/aromatic N) is 3. The van der Waals surface area contributed by atoms with Crippen LogP contribution in [-0.4, -0.2) is 55.6 Å². The Morgan fingerprint density at radius 3 is 2.54 bits per heavy atom. The monoisotopic (exact) mass is 577 g/mol. The Balaban J connectivity index is 0.00000289. The zero-order chi connectivity index (χ0) is 24.3. The molecule has 184 valence electrons. The molecule has 35 heavy (non-hydrogen) atoms. The van der Waals surface area contributed by atoms with Crippen LogP contribution in [0.3, 0.4) is 0 Å². The standard InChI is InChI=1S/C24H23N3O5S2.BrH/c1-12-17(20(24(31)32)27-19(12)18(13(2)28)21(27)30)16-10-26-11-25(22(33-3)23(26)34-16)9-15(29)14-7-5-4-6-8-14;/h4-8,10-13,18-19,28H,9H2,1-3H3;1H/t12-,13+,18+,19+;/m0./s1. The summed E-state index contributed by atoms with van der Waals surface area (Å²) in [6.07, 6.45) is 4.82. The molecule has 2 aliphatic rings. The molecule has 0 unspecified atom stereocenters. The number of benzene rings is 1. The molecule has 8 nitrogen and oxygen atoms in total. The maximum atomic E-state index is 12.7. The number of hydrogen-bond acceptors (Lipinski definition) is 6. The number of thiazole rings is 1. The Bertz CT molecular complexity index is 1360. The number of hydrogen-bond donors (Lipinski definition) is 2. The zero-order valence-corrected chi connectivity index (χ0v) is 22.4. The molecule has 4 heterocycles. The molecule has 5 rings (SSSR count). The number of Topliss-reactive ketones (excluding diaryl/α,β-unsaturated/α-hetero) is 1. The van der Waals surface area contributed by atoms with Crippen molar-refractivity contribution >= 4 is 51.2 Å². The third kappa shape index (κ3) is 3.94. The van der Waals surface area contributed by atoms with E-state index in [0.29, 0.717) is 11.1 Å². The van der Waals surface area contributed by atoms with Crippen LogP contribution in [0, 0.1) is 11.8 Å². The molecule has 2 aromatic heterocycles. The van der Waals surface area contributed by atoms with Gasteiger partial charge in [0.2, 0.25) is 21.5 Å². The molecule has 1 amide bonds. The molecular formula is C24H24BrN3O5S2. The molecule has 3 aromatic rings. The highest BCUT2D eigenvalue weighted by molar-refractivity contribution is 7.98. The summed E-state index contributed by atoms with van der Waals surface area (Å²) in [4.78, 5) is 40.6. The van der Waals surface area contributed by atoms with E-state index in [-0.39, 0.29) is 52.9 Å². The number of halogens is 1. The lowest BCUT2D eigenvalue weighted by molar-refractivity contribution is -0.716. The summed E-state index contributed by atoms with van der Waals surface area (Å²) in [6.45, 7) is 3.68. The van der Waals surface area contributed by atoms with Gasteiger partial charge in [-0.05, 0) is 13.2 Å². The molecule has 1 fully saturated rings. The minimum absolute atomic E-state index is 0. The second kappa shape index (κ2) is 9.53. The zero-order valence-electron chi connectivity index (χ0n) is 19.2. The number of carbonyl (C=O) groups excluding carboxylic acids is 2. The Morgan fingerprint density at radius 2 is 1.94 bits per heavy atom. The van der Waals surface area contributed by atoms with Crippen LogP contribution in [-0.2, 0) is 16.1 Å². The summed E-state index contributed by atoms with van der Waals surface area (Å²) in [5, 5.41) is 20.9. The number of aliphatic hydroxyl groups is 1. The molecule has 11 heteroatoms. The first kappa shape index (κ1) is 25.6. The normalized spacial score (nSPS) is 22.1. The lowest BCUT2D eigenvalue weighted by atomic mass is 9.77. The number of β-lactam (4-membered cyclic amide) rings is 1. The lowest BCUT2D eigenvalue weighted by Crippen LogP contribution is -3.00. The first-order chi connectivity index (χ1) is 16.2. The summed E-state index contributed by atoms with van der Waals surface area (Å²) in [5.41, 5.74) is 1.26. The van der Waals surface area contributed by atoms with Gasteiger partial charge in [-0.15, -0.1) is 0 Å². The maximum absolute atomic E-state index is 12.7. The van der Waals surface area contributed by atoms with Crippen LogP contribution >= 0.6 is 23.1 Å². The fourth-order valence-corrected chi connectivity index (χ4v) is 7.32. The SMILES string of the molecule is CSc1c2sc(C3=C(C(=O)O)N4C(=O)[C@H]([C@@H](C)O)[C@H]4[C@H]3C)cn2c[n+]1CC(=O)c1ccccc1.[Br-]. The molecule has 0 radical (unpaired) electrons. The fourth-order valence-electron chi connectivity index (χ4n) is 5.14. The van der Waals surface area contributed by atoms with E-state index in [1.165, 1.54) is 28.0 Å². The third-order valence-electron chi connectivity index (χ3n) is 6.65. The molecular weight excluding hydrogens is 554 g/mol. The van der Waals surface area contributed by atoms with Gasteiger partial charge in [0.25, 0.3) is 6.33 Å². The van der Waals surface area contributed by atoms with Crippen LogP contribution in [0.2, 0.25) is 0 Å². The van der Waals surface area contributed by atoms with Gasteiger partial charge in [0, 0.05) is 17.1 Å². The summed E-state index contributed by atoms with van der Waals surface area (Å²) >= 11 is 2.97. The number of carboxylic acid groups (broad SMARTS) is 1. The van der Waals surface area contributed by atoms with Gasteiger partial charge in [0.05, 0.1) is 22.9 Å². The van der Waals surface area contributed by atoms with E-state index in [4.69, 9.17) is 0 Å². The molecule has 2 N–H and O–H groups in total. The highest BCUT2D eigenvalue weighted by atomic mass is 79.9. The van der Waals surface area contributed by atoms with Crippen LogP contribution in [0.1, 0.15) is 29.1 Å². The predicted molar refractivity (Wildman–Crippen MR) is 128 cm³/mol. The number of fused-ring (bicyclic) bond motifs is 2. The number of amides is 1. The fraction of sp³-hybridized carbons (Fsp3) is 0.333. The molecule has 1 aromatic carbocycles. The summed E-state index contributed by atoms with van der Waals surface area (Å²) in [6, 6.07) is 8.78. The van der Waals surface area contributed by atoms with E-state index in [1.54, 1.807) is 19.1 Å². The van der Waals surface area contributed by atoms with Crippen molar-refractivity contribution in [2.75, 3.05) is 6.26 Å². The van der Waals surface area contributed by atoms with Crippen molar-refractivity contribution in [1.29, 1.82) is 0 Å². The van der Waals surface area contributed by atoms with Gasteiger partial charge in [-0.25, -0.2) is 9.36 Å². The van der Waals surface area contributed by atoms with E-state index < -0.39 is 18.0 Å². The van der Waals surface area contributed by atoms with Gasteiger partial charge >= 0.3 is 5.97 Å². The second-order valence-electron chi connectivity index (χ2n) is 8.67. The average Bonchev–Trinajstić information content (AvgIpc) is 3.41. The van der Waals surface area contributed by atoms with Crippen LogP contribution in [0.5, 0.6) is 0 Å². The Labute approximate surface area is 220 Å². The molecule has 1 saturated heterocycles.